The smallest absolute Gasteiger partial charge is 0.329 e. The number of piperidine rings is 2. The van der Waals surface area contributed by atoms with E-state index in [2.05, 4.69) is 60.8 Å². The Balaban J connectivity index is 0.758. The van der Waals surface area contributed by atoms with Gasteiger partial charge in [0.25, 0.3) is 0 Å². The highest BCUT2D eigenvalue weighted by atomic mass is 32.2. The van der Waals surface area contributed by atoms with Crippen LogP contribution in [0.2, 0.25) is 0 Å². The minimum atomic E-state index is -3.74. The molecule has 0 bridgehead atoms. The van der Waals surface area contributed by atoms with Gasteiger partial charge in [-0.1, -0.05) is 6.07 Å². The Kier molecular flexibility index (Phi) is 12.8. The topological polar surface area (TPSA) is 187 Å². The largest absolute Gasteiger partial charge is 0.377 e. The number of aromatic nitrogens is 6. The first-order valence-corrected chi connectivity index (χ1v) is 23.4. The van der Waals surface area contributed by atoms with Crippen LogP contribution in [-0.2, 0) is 31.4 Å². The minimum absolute atomic E-state index is 0.125. The number of aryl methyl sites for hydroxylation is 3. The lowest BCUT2D eigenvalue weighted by Crippen LogP contribution is -2.44. The van der Waals surface area contributed by atoms with Gasteiger partial charge >= 0.3 is 5.69 Å². The molecule has 0 radical (unpaired) electrons. The van der Waals surface area contributed by atoms with Crippen molar-refractivity contribution < 1.29 is 22.7 Å². The average Bonchev–Trinajstić information content (AvgIpc) is 3.77. The summed E-state index contributed by atoms with van der Waals surface area (Å²) >= 11 is 0. The molecule has 62 heavy (non-hydrogen) atoms. The SMILES string of the molecule is Cc1cc(S(=O)(=O)NCCOC2CCC(CN3CCC(c4ccc5c(c4)n(C)c(=O)n5C4CCC(=O)NC4=O)CC3)CC2)ccc1Nc1nccc(-c2cnc(C)n2C(C)C)n1. The Hall–Kier alpha value is -5.23. The van der Waals surface area contributed by atoms with E-state index in [1.54, 1.807) is 36.0 Å². The number of fused-ring (bicyclic) bond motifs is 1. The first kappa shape index (κ1) is 43.4. The standard InChI is InChI=1S/C45H58N10O6S/c1-28(2)54-30(4)47-26-41(54)37-16-19-46-44(50-37)49-36-12-11-35(24-29(36)3)62(59,60)48-20-23-61-34-9-6-31(7-10-34)27-53-21-17-32(18-22-53)33-8-13-38-40(25-33)52(5)45(58)55(38)39-14-15-42(56)51-43(39)57/h8,11-13,16,19,24-26,28,31-32,34,39,48H,6-7,9-10,14-15,17-18,20-23,27H2,1-5H3,(H,46,49,50)(H,51,56,57). The number of likely N-dealkylation sites (tertiary alicyclic amines) is 1. The van der Waals surface area contributed by atoms with Crippen LogP contribution >= 0.6 is 0 Å². The summed E-state index contributed by atoms with van der Waals surface area (Å²) in [4.78, 5) is 53.9. The third-order valence-electron chi connectivity index (χ3n) is 12.9. The number of rotatable bonds is 14. The molecule has 3 fully saturated rings. The minimum Gasteiger partial charge on any atom is -0.377 e. The Labute approximate surface area is 362 Å². The van der Waals surface area contributed by atoms with Crippen molar-refractivity contribution in [3.8, 4) is 11.4 Å². The summed E-state index contributed by atoms with van der Waals surface area (Å²) in [5.74, 6) is 1.60. The van der Waals surface area contributed by atoms with Crippen molar-refractivity contribution in [2.45, 2.75) is 108 Å². The van der Waals surface area contributed by atoms with E-state index in [9.17, 15) is 22.8 Å². The van der Waals surface area contributed by atoms with Crippen LogP contribution < -0.4 is 21.0 Å². The van der Waals surface area contributed by atoms with Crippen molar-refractivity contribution in [2.75, 3.05) is 38.1 Å². The van der Waals surface area contributed by atoms with Gasteiger partial charge in [0, 0.05) is 44.5 Å². The molecule has 5 aromatic rings. The number of carbonyl (C=O) groups excluding carboxylic acids is 2. The van der Waals surface area contributed by atoms with E-state index < -0.39 is 22.0 Å². The lowest BCUT2D eigenvalue weighted by molar-refractivity contribution is -0.135. The van der Waals surface area contributed by atoms with Crippen LogP contribution in [0.5, 0.6) is 0 Å². The highest BCUT2D eigenvalue weighted by Gasteiger charge is 2.32. The molecule has 1 aliphatic carbocycles. The first-order chi connectivity index (χ1) is 29.8. The van der Waals surface area contributed by atoms with Gasteiger partial charge in [0.15, 0.2) is 0 Å². The van der Waals surface area contributed by atoms with Crippen molar-refractivity contribution >= 4 is 44.5 Å². The molecule has 17 heteroatoms. The third-order valence-corrected chi connectivity index (χ3v) is 14.4. The van der Waals surface area contributed by atoms with Crippen LogP contribution in [0.1, 0.15) is 100 Å². The lowest BCUT2D eigenvalue weighted by Gasteiger charge is -2.36. The van der Waals surface area contributed by atoms with Crippen molar-refractivity contribution in [1.29, 1.82) is 0 Å². The van der Waals surface area contributed by atoms with E-state index >= 15 is 0 Å². The summed E-state index contributed by atoms with van der Waals surface area (Å²) in [5.41, 5.74) is 5.60. The molecule has 1 saturated carbocycles. The van der Waals surface area contributed by atoms with E-state index in [1.165, 1.54) is 10.1 Å². The Morgan fingerprint density at radius 2 is 1.69 bits per heavy atom. The van der Waals surface area contributed by atoms with Gasteiger partial charge in [-0.05, 0) is 145 Å². The summed E-state index contributed by atoms with van der Waals surface area (Å²) in [6.07, 6.45) is 10.4. The molecule has 2 saturated heterocycles. The maximum atomic E-state index is 13.2. The number of hydrogen-bond acceptors (Lipinski definition) is 11. The molecule has 1 unspecified atom stereocenters. The number of amides is 2. The summed E-state index contributed by atoms with van der Waals surface area (Å²) < 4.78 is 40.6. The Bertz CT molecular complexity index is 2620. The zero-order valence-corrected chi connectivity index (χ0v) is 37.1. The number of sulfonamides is 1. The van der Waals surface area contributed by atoms with E-state index in [0.717, 1.165) is 92.0 Å². The molecular formula is C45H58N10O6S. The van der Waals surface area contributed by atoms with E-state index in [1.807, 2.05) is 32.2 Å². The number of benzene rings is 2. The van der Waals surface area contributed by atoms with Crippen LogP contribution in [0.15, 0.2) is 64.5 Å². The van der Waals surface area contributed by atoms with Crippen LogP contribution in [0.25, 0.3) is 22.4 Å². The number of nitrogens with one attached hydrogen (secondary N) is 3. The van der Waals surface area contributed by atoms with Gasteiger partial charge in [0.2, 0.25) is 27.8 Å². The zero-order valence-electron chi connectivity index (χ0n) is 36.3. The summed E-state index contributed by atoms with van der Waals surface area (Å²) in [7, 11) is -2.00. The highest BCUT2D eigenvalue weighted by molar-refractivity contribution is 7.89. The number of ether oxygens (including phenoxy) is 1. The van der Waals surface area contributed by atoms with Gasteiger partial charge in [0.1, 0.15) is 11.9 Å². The molecule has 2 aromatic carbocycles. The molecule has 2 amide bonds. The molecule has 3 aromatic heterocycles. The average molecular weight is 867 g/mol. The van der Waals surface area contributed by atoms with Gasteiger partial charge in [-0.25, -0.2) is 32.9 Å². The monoisotopic (exact) mass is 866 g/mol. The van der Waals surface area contributed by atoms with Crippen LogP contribution in [0.3, 0.4) is 0 Å². The number of nitrogens with zero attached hydrogens (tertiary/aromatic N) is 7. The van der Waals surface area contributed by atoms with E-state index in [0.29, 0.717) is 36.5 Å². The van der Waals surface area contributed by atoms with Gasteiger partial charge in [-0.15, -0.1) is 0 Å². The molecule has 330 valence electrons. The van der Waals surface area contributed by atoms with E-state index in [-0.39, 0.29) is 41.6 Å². The summed E-state index contributed by atoms with van der Waals surface area (Å²) in [6.45, 7) is 11.6. The second-order valence-corrected chi connectivity index (χ2v) is 19.2. The number of anilines is 2. The molecule has 8 rings (SSSR count). The second-order valence-electron chi connectivity index (χ2n) is 17.4. The highest BCUT2D eigenvalue weighted by Crippen LogP contribution is 2.34. The fraction of sp³-hybridized carbons (Fsp3) is 0.511. The molecule has 1 atom stereocenters. The normalized spacial score (nSPS) is 20.6. The molecular weight excluding hydrogens is 809 g/mol. The molecule has 5 heterocycles. The van der Waals surface area contributed by atoms with Crippen molar-refractivity contribution in [3.63, 3.8) is 0 Å². The van der Waals surface area contributed by atoms with Crippen molar-refractivity contribution in [1.82, 2.24) is 43.6 Å². The second kappa shape index (κ2) is 18.2. The summed E-state index contributed by atoms with van der Waals surface area (Å²) in [5, 5.41) is 5.62. The fourth-order valence-electron chi connectivity index (χ4n) is 9.56. The quantitative estimate of drug-likeness (QED) is 0.0926. The predicted molar refractivity (Wildman–Crippen MR) is 237 cm³/mol. The molecule has 16 nitrogen and oxygen atoms in total. The van der Waals surface area contributed by atoms with Crippen LogP contribution in [0.4, 0.5) is 11.6 Å². The van der Waals surface area contributed by atoms with E-state index in [4.69, 9.17) is 9.72 Å². The fourth-order valence-corrected chi connectivity index (χ4v) is 10.7. The molecule has 2 aliphatic heterocycles. The van der Waals surface area contributed by atoms with Crippen molar-refractivity contribution in [2.24, 2.45) is 13.0 Å². The summed E-state index contributed by atoms with van der Waals surface area (Å²) in [6, 6.07) is 12.5. The molecule has 0 spiro atoms. The van der Waals surface area contributed by atoms with Gasteiger partial charge in [-0.3, -0.25) is 24.0 Å². The molecule has 3 aliphatic rings. The van der Waals surface area contributed by atoms with Crippen LogP contribution in [0, 0.1) is 19.8 Å². The van der Waals surface area contributed by atoms with Gasteiger partial charge in [-0.2, -0.15) is 0 Å². The number of carbonyl (C=O) groups is 2. The lowest BCUT2D eigenvalue weighted by atomic mass is 9.85. The van der Waals surface area contributed by atoms with Gasteiger partial charge in [0.05, 0.1) is 46.2 Å². The van der Waals surface area contributed by atoms with Crippen molar-refractivity contribution in [3.05, 3.63) is 82.3 Å². The zero-order chi connectivity index (χ0) is 43.7. The molecule has 3 N–H and O–H groups in total. The maximum Gasteiger partial charge on any atom is 0.329 e. The van der Waals surface area contributed by atoms with Crippen LogP contribution in [-0.4, -0.2) is 92.7 Å². The number of hydrogen-bond donors (Lipinski definition) is 3. The van der Waals surface area contributed by atoms with Gasteiger partial charge < -0.3 is 19.5 Å². The Morgan fingerprint density at radius 3 is 2.42 bits per heavy atom. The number of imide groups is 1. The maximum absolute atomic E-state index is 13.2. The Morgan fingerprint density at radius 1 is 0.919 bits per heavy atom. The predicted octanol–water partition coefficient (Wildman–Crippen LogP) is 5.65. The first-order valence-electron chi connectivity index (χ1n) is 21.9. The number of imidazole rings is 2. The third kappa shape index (κ3) is 9.26.